The molecule has 29 heavy (non-hydrogen) atoms. The predicted molar refractivity (Wildman–Crippen MR) is 115 cm³/mol. The van der Waals surface area contributed by atoms with Crippen molar-refractivity contribution in [1.29, 1.82) is 0 Å². The number of nitrogens with zero attached hydrogens (tertiary/aromatic N) is 2. The summed E-state index contributed by atoms with van der Waals surface area (Å²) in [6.45, 7) is 7.81. The van der Waals surface area contributed by atoms with Gasteiger partial charge < -0.3 is 14.5 Å². The van der Waals surface area contributed by atoms with E-state index < -0.39 is 5.60 Å². The van der Waals surface area contributed by atoms with Crippen molar-refractivity contribution in [3.8, 4) is 11.3 Å². The van der Waals surface area contributed by atoms with Crippen LogP contribution in [-0.2, 0) is 9.47 Å². The molecule has 2 aromatic rings. The fourth-order valence-corrected chi connectivity index (χ4v) is 4.56. The van der Waals surface area contributed by atoms with Gasteiger partial charge in [0.05, 0.1) is 24.5 Å². The first-order valence-electron chi connectivity index (χ1n) is 10.1. The lowest BCUT2D eigenvalue weighted by molar-refractivity contribution is -0.00754. The average Bonchev–Trinajstić information content (AvgIpc) is 3.27. The van der Waals surface area contributed by atoms with E-state index in [2.05, 4.69) is 25.9 Å². The lowest BCUT2D eigenvalue weighted by Crippen LogP contribution is -2.40. The number of aromatic amines is 1. The second-order valence-corrected chi connectivity index (χ2v) is 10.1. The average molecular weight is 462 g/mol. The number of rotatable bonds is 2. The number of ether oxygens (including phenoxy) is 2. The van der Waals surface area contributed by atoms with Gasteiger partial charge in [-0.15, -0.1) is 0 Å². The van der Waals surface area contributed by atoms with Crippen molar-refractivity contribution >= 4 is 22.0 Å². The molecule has 0 radical (unpaired) electrons. The first kappa shape index (κ1) is 20.4. The molecule has 2 aliphatic rings. The van der Waals surface area contributed by atoms with Crippen LogP contribution in [0.5, 0.6) is 0 Å². The first-order valence-corrected chi connectivity index (χ1v) is 10.9. The lowest BCUT2D eigenvalue weighted by atomic mass is 9.80. The third-order valence-corrected chi connectivity index (χ3v) is 6.14. The van der Waals surface area contributed by atoms with Crippen LogP contribution in [0.25, 0.3) is 11.3 Å². The number of carbonyl (C=O) groups excluding carboxylic acids is 1. The van der Waals surface area contributed by atoms with Crippen LogP contribution in [0.1, 0.15) is 51.9 Å². The van der Waals surface area contributed by atoms with Crippen LogP contribution in [0.4, 0.5) is 4.79 Å². The summed E-state index contributed by atoms with van der Waals surface area (Å²) in [5.41, 5.74) is 1.44. The molecule has 0 unspecified atom stereocenters. The summed E-state index contributed by atoms with van der Waals surface area (Å²) in [4.78, 5) is 22.9. The minimum absolute atomic E-state index is 0.0234. The van der Waals surface area contributed by atoms with E-state index in [0.29, 0.717) is 13.2 Å². The van der Waals surface area contributed by atoms with Crippen molar-refractivity contribution in [2.75, 3.05) is 19.8 Å². The van der Waals surface area contributed by atoms with Crippen LogP contribution in [-0.4, -0.2) is 46.3 Å². The maximum atomic E-state index is 13.0. The second kappa shape index (κ2) is 7.76. The van der Waals surface area contributed by atoms with Crippen LogP contribution in [0, 0.1) is 5.41 Å². The first-order chi connectivity index (χ1) is 13.7. The van der Waals surface area contributed by atoms with Crippen LogP contribution < -0.4 is 0 Å². The van der Waals surface area contributed by atoms with Gasteiger partial charge in [0, 0.05) is 23.0 Å². The molecular weight excluding hydrogens is 434 g/mol. The molecule has 1 N–H and O–H groups in total. The SMILES string of the molecule is CC(C)(C)OC(=O)N1C[C@@]2(CCCOC2)C[C@H]1c1ncc(-c2ccc(Br)cc2)[nH]1. The van der Waals surface area contributed by atoms with Gasteiger partial charge >= 0.3 is 6.09 Å². The zero-order chi connectivity index (χ0) is 20.6. The molecule has 2 fully saturated rings. The Hall–Kier alpha value is -1.86. The summed E-state index contributed by atoms with van der Waals surface area (Å²) in [6, 6.07) is 7.95. The molecule has 7 heteroatoms. The molecule has 0 aliphatic carbocycles. The Labute approximate surface area is 180 Å². The molecule has 2 aliphatic heterocycles. The maximum Gasteiger partial charge on any atom is 0.410 e. The zero-order valence-electron chi connectivity index (χ0n) is 17.2. The third-order valence-electron chi connectivity index (χ3n) is 5.61. The van der Waals surface area contributed by atoms with E-state index in [1.807, 2.05) is 56.1 Å². The normalized spacial score (nSPS) is 24.8. The number of imidazole rings is 1. The van der Waals surface area contributed by atoms with Crippen molar-refractivity contribution in [3.63, 3.8) is 0 Å². The van der Waals surface area contributed by atoms with Crippen LogP contribution >= 0.6 is 15.9 Å². The number of hydrogen-bond donors (Lipinski definition) is 1. The van der Waals surface area contributed by atoms with E-state index in [1.54, 1.807) is 0 Å². The van der Waals surface area contributed by atoms with E-state index >= 15 is 0 Å². The number of likely N-dealkylation sites (tertiary alicyclic amines) is 1. The fraction of sp³-hybridized carbons (Fsp3) is 0.545. The van der Waals surface area contributed by atoms with Gasteiger partial charge in [-0.05, 0) is 57.7 Å². The highest BCUT2D eigenvalue weighted by Crippen LogP contribution is 2.47. The summed E-state index contributed by atoms with van der Waals surface area (Å²) < 4.78 is 12.5. The summed E-state index contributed by atoms with van der Waals surface area (Å²) in [5.74, 6) is 0.802. The molecule has 1 amide bonds. The molecule has 156 valence electrons. The van der Waals surface area contributed by atoms with Gasteiger partial charge in [-0.1, -0.05) is 28.1 Å². The quantitative estimate of drug-likeness (QED) is 0.656. The van der Waals surface area contributed by atoms with Crippen LogP contribution in [0.15, 0.2) is 34.9 Å². The van der Waals surface area contributed by atoms with E-state index in [-0.39, 0.29) is 17.6 Å². The minimum atomic E-state index is -0.536. The molecule has 4 rings (SSSR count). The zero-order valence-corrected chi connectivity index (χ0v) is 18.8. The lowest BCUT2D eigenvalue weighted by Gasteiger charge is -2.33. The Balaban J connectivity index is 1.62. The molecular formula is C22H28BrN3O3. The molecule has 0 saturated carbocycles. The molecule has 1 aromatic carbocycles. The van der Waals surface area contributed by atoms with Crippen molar-refractivity contribution < 1.29 is 14.3 Å². The summed E-state index contributed by atoms with van der Waals surface area (Å²) in [5, 5.41) is 0. The number of aromatic nitrogens is 2. The molecule has 2 saturated heterocycles. The van der Waals surface area contributed by atoms with E-state index in [0.717, 1.165) is 47.4 Å². The molecule has 6 nitrogen and oxygen atoms in total. The summed E-state index contributed by atoms with van der Waals surface area (Å²) in [7, 11) is 0. The van der Waals surface area contributed by atoms with E-state index in [4.69, 9.17) is 9.47 Å². The van der Waals surface area contributed by atoms with Crippen LogP contribution in [0.2, 0.25) is 0 Å². The topological polar surface area (TPSA) is 67.4 Å². The Kier molecular flexibility index (Phi) is 5.46. The highest BCUT2D eigenvalue weighted by molar-refractivity contribution is 9.10. The number of amides is 1. The van der Waals surface area contributed by atoms with Crippen molar-refractivity contribution in [1.82, 2.24) is 14.9 Å². The minimum Gasteiger partial charge on any atom is -0.444 e. The Bertz CT molecular complexity index is 866. The molecule has 3 heterocycles. The second-order valence-electron chi connectivity index (χ2n) is 9.17. The molecule has 0 bridgehead atoms. The molecule has 1 aromatic heterocycles. The smallest absolute Gasteiger partial charge is 0.410 e. The Morgan fingerprint density at radius 3 is 2.76 bits per heavy atom. The number of H-pyrrole nitrogens is 1. The van der Waals surface area contributed by atoms with Gasteiger partial charge in [-0.3, -0.25) is 4.90 Å². The number of nitrogens with one attached hydrogen (secondary N) is 1. The van der Waals surface area contributed by atoms with Crippen molar-refractivity contribution in [3.05, 3.63) is 40.8 Å². The maximum absolute atomic E-state index is 13.0. The fourth-order valence-electron chi connectivity index (χ4n) is 4.29. The highest BCUT2D eigenvalue weighted by Gasteiger charge is 2.49. The Morgan fingerprint density at radius 1 is 1.34 bits per heavy atom. The van der Waals surface area contributed by atoms with Gasteiger partial charge in [-0.25, -0.2) is 9.78 Å². The van der Waals surface area contributed by atoms with Gasteiger partial charge in [0.1, 0.15) is 11.4 Å². The number of benzene rings is 1. The van der Waals surface area contributed by atoms with Gasteiger partial charge in [-0.2, -0.15) is 0 Å². The number of hydrogen-bond acceptors (Lipinski definition) is 4. The number of halogens is 1. The summed E-state index contributed by atoms with van der Waals surface area (Å²) >= 11 is 3.47. The standard InChI is InChI=1S/C22H28BrN3O3/c1-21(2,3)29-20(27)26-13-22(9-4-10-28-14-22)11-18(26)19-24-12-17(25-19)15-5-7-16(23)8-6-15/h5-8,12,18H,4,9-11,13-14H2,1-3H3,(H,24,25)/t18-,22+/m0/s1. The molecule has 2 atom stereocenters. The van der Waals surface area contributed by atoms with Gasteiger partial charge in [0.25, 0.3) is 0 Å². The van der Waals surface area contributed by atoms with Crippen LogP contribution in [0.3, 0.4) is 0 Å². The monoisotopic (exact) mass is 461 g/mol. The van der Waals surface area contributed by atoms with E-state index in [9.17, 15) is 4.79 Å². The van der Waals surface area contributed by atoms with Crippen molar-refractivity contribution in [2.24, 2.45) is 5.41 Å². The number of carbonyl (C=O) groups is 1. The third kappa shape index (κ3) is 4.51. The Morgan fingerprint density at radius 2 is 2.10 bits per heavy atom. The largest absolute Gasteiger partial charge is 0.444 e. The van der Waals surface area contributed by atoms with E-state index in [1.165, 1.54) is 0 Å². The van der Waals surface area contributed by atoms with Crippen molar-refractivity contribution in [2.45, 2.75) is 51.7 Å². The summed E-state index contributed by atoms with van der Waals surface area (Å²) in [6.07, 6.45) is 4.47. The molecule has 1 spiro atoms. The predicted octanol–water partition coefficient (Wildman–Crippen LogP) is 5.32. The van der Waals surface area contributed by atoms with Gasteiger partial charge in [0.15, 0.2) is 0 Å². The van der Waals surface area contributed by atoms with Gasteiger partial charge in [0.2, 0.25) is 0 Å². The highest BCUT2D eigenvalue weighted by atomic mass is 79.9.